The summed E-state index contributed by atoms with van der Waals surface area (Å²) in [6, 6.07) is 9.52. The zero-order valence-electron chi connectivity index (χ0n) is 10.6. The van der Waals surface area contributed by atoms with Gasteiger partial charge in [-0.3, -0.25) is 4.55 Å². The number of nitrogen functional groups attached to an aromatic ring is 1. The van der Waals surface area contributed by atoms with Crippen molar-refractivity contribution in [3.63, 3.8) is 0 Å². The van der Waals surface area contributed by atoms with Crippen molar-refractivity contribution in [3.05, 3.63) is 41.5 Å². The van der Waals surface area contributed by atoms with E-state index in [1.165, 1.54) is 0 Å². The maximum absolute atomic E-state index is 10.6. The number of anilines is 1. The molecule has 0 fully saturated rings. The molecule has 114 valence electrons. The molecule has 4 rings (SSSR count). The van der Waals surface area contributed by atoms with Crippen LogP contribution >= 0.6 is 0 Å². The molecule has 0 radical (unpaired) electrons. The summed E-state index contributed by atoms with van der Waals surface area (Å²) in [6.07, 6.45) is 0. The lowest BCUT2D eigenvalue weighted by atomic mass is 9.77. The van der Waals surface area contributed by atoms with Crippen molar-refractivity contribution in [1.29, 1.82) is 0 Å². The van der Waals surface area contributed by atoms with E-state index in [1.54, 1.807) is 6.07 Å². The van der Waals surface area contributed by atoms with Gasteiger partial charge in [0.1, 0.15) is 11.6 Å². The van der Waals surface area contributed by atoms with E-state index in [2.05, 4.69) is 4.18 Å². The molecular formula is C12H13NO6S2. The third kappa shape index (κ3) is 3.50. The first-order valence-electron chi connectivity index (χ1n) is 5.80. The minimum atomic E-state index is -4.38. The van der Waals surface area contributed by atoms with Crippen LogP contribution in [0.1, 0.15) is 17.0 Å². The average molecular weight is 331 g/mol. The van der Waals surface area contributed by atoms with Crippen molar-refractivity contribution in [2.24, 2.45) is 0 Å². The molecule has 0 amide bonds. The molecule has 0 spiro atoms. The van der Waals surface area contributed by atoms with Crippen LogP contribution in [0.3, 0.4) is 0 Å². The molecule has 2 aromatic carbocycles. The van der Waals surface area contributed by atoms with Crippen molar-refractivity contribution in [2.75, 3.05) is 12.3 Å². The first-order chi connectivity index (χ1) is 9.85. The number of hydrogen-bond donors (Lipinski definition) is 2. The van der Waals surface area contributed by atoms with Crippen molar-refractivity contribution in [3.8, 4) is 0 Å². The van der Waals surface area contributed by atoms with Gasteiger partial charge in [-0.25, -0.2) is 12.6 Å². The van der Waals surface area contributed by atoms with Gasteiger partial charge in [-0.1, -0.05) is 18.2 Å². The summed E-state index contributed by atoms with van der Waals surface area (Å²) < 4.78 is 50.9. The van der Waals surface area contributed by atoms with E-state index >= 15 is 0 Å². The Bertz CT molecular complexity index is 827. The number of rotatable bonds is 3. The maximum Gasteiger partial charge on any atom is 0.397 e. The molecule has 9 heteroatoms. The molecule has 21 heavy (non-hydrogen) atoms. The van der Waals surface area contributed by atoms with Gasteiger partial charge < -0.3 is 5.73 Å². The summed E-state index contributed by atoms with van der Waals surface area (Å²) in [5.41, 5.74) is 8.41. The average Bonchev–Trinajstić information content (AvgIpc) is 2.36. The van der Waals surface area contributed by atoms with E-state index in [0.29, 0.717) is 5.69 Å². The summed E-state index contributed by atoms with van der Waals surface area (Å²) in [5, 5.41) is 2.06. The fraction of sp³-hybridized carbons (Fsp3) is 0.167. The van der Waals surface area contributed by atoms with Gasteiger partial charge >= 0.3 is 10.4 Å². The normalized spacial score (nSPS) is 16.0. The third-order valence-corrected chi connectivity index (χ3v) is 3.63. The van der Waals surface area contributed by atoms with E-state index in [0.717, 1.165) is 21.9 Å². The molecule has 0 heterocycles. The van der Waals surface area contributed by atoms with Crippen LogP contribution in [0.5, 0.6) is 0 Å². The molecule has 0 aliphatic heterocycles. The zero-order valence-corrected chi connectivity index (χ0v) is 12.5. The van der Waals surface area contributed by atoms with Crippen LogP contribution in [0, 0.1) is 0 Å². The standard InChI is InChI=1S/C12H11NO4S.H2O2S/c13-9-1-2-10-7(4-9)3-8-5-11(10)12(8)6-17-18(14,15)16;1-3-2/h1-5,12H,6,13H2,(H,14,15,16);3H2. The lowest BCUT2D eigenvalue weighted by Crippen LogP contribution is -2.20. The van der Waals surface area contributed by atoms with Crippen LogP contribution in [0.25, 0.3) is 10.8 Å². The van der Waals surface area contributed by atoms with Crippen LogP contribution in [-0.4, -0.2) is 28.0 Å². The highest BCUT2D eigenvalue weighted by atomic mass is 32.3. The molecule has 1 atom stereocenters. The number of benzene rings is 2. The molecule has 0 aromatic heterocycles. The second-order valence-corrected chi connectivity index (χ2v) is 5.70. The molecule has 2 aliphatic carbocycles. The van der Waals surface area contributed by atoms with E-state index in [-0.39, 0.29) is 12.5 Å². The molecule has 2 aromatic rings. The number of nitrogens with two attached hydrogens (primary N) is 1. The maximum atomic E-state index is 10.6. The number of hydrogen-bond acceptors (Lipinski definition) is 6. The van der Waals surface area contributed by atoms with Crippen molar-refractivity contribution >= 4 is 38.4 Å². The fourth-order valence-corrected chi connectivity index (χ4v) is 2.66. The Morgan fingerprint density at radius 3 is 2.52 bits per heavy atom. The van der Waals surface area contributed by atoms with Crippen molar-refractivity contribution in [2.45, 2.75) is 5.92 Å². The highest BCUT2D eigenvalue weighted by Crippen LogP contribution is 2.42. The first-order valence-corrected chi connectivity index (χ1v) is 7.98. The van der Waals surface area contributed by atoms with E-state index in [9.17, 15) is 8.42 Å². The van der Waals surface area contributed by atoms with Gasteiger partial charge in [0.15, 0.2) is 0 Å². The minimum Gasteiger partial charge on any atom is -0.399 e. The van der Waals surface area contributed by atoms with E-state index in [1.807, 2.05) is 24.3 Å². The zero-order chi connectivity index (χ0) is 15.6. The SMILES string of the molecule is Nc1ccc2c3cc(cc2c1)C3COS(=O)(=O)O.O=[SH2]=O. The Morgan fingerprint density at radius 1 is 1.24 bits per heavy atom. The van der Waals surface area contributed by atoms with E-state index < -0.39 is 22.0 Å². The summed E-state index contributed by atoms with van der Waals surface area (Å²) in [5.74, 6) is -0.0944. The van der Waals surface area contributed by atoms with Crippen molar-refractivity contribution in [1.82, 2.24) is 0 Å². The van der Waals surface area contributed by atoms with Gasteiger partial charge in [-0.15, -0.1) is 0 Å². The lowest BCUT2D eigenvalue weighted by Gasteiger charge is -2.29. The summed E-state index contributed by atoms with van der Waals surface area (Å²) >= 11 is -1.42. The smallest absolute Gasteiger partial charge is 0.397 e. The molecular weight excluding hydrogens is 318 g/mol. The largest absolute Gasteiger partial charge is 0.399 e. The van der Waals surface area contributed by atoms with Gasteiger partial charge in [0, 0.05) is 11.6 Å². The van der Waals surface area contributed by atoms with Gasteiger partial charge in [0.25, 0.3) is 0 Å². The fourth-order valence-electron chi connectivity index (χ4n) is 2.35. The minimum absolute atomic E-state index is 0.0691. The Labute approximate surface area is 124 Å². The predicted octanol–water partition coefficient (Wildman–Crippen LogP) is 0.481. The Morgan fingerprint density at radius 2 is 1.90 bits per heavy atom. The van der Waals surface area contributed by atoms with Crippen LogP contribution < -0.4 is 5.73 Å². The van der Waals surface area contributed by atoms with Gasteiger partial charge in [-0.05, 0) is 34.0 Å². The molecule has 1 unspecified atom stereocenters. The second kappa shape index (κ2) is 5.98. The summed E-state index contributed by atoms with van der Waals surface area (Å²) in [6.45, 7) is -0.0691. The van der Waals surface area contributed by atoms with Gasteiger partial charge in [0.2, 0.25) is 0 Å². The predicted molar refractivity (Wildman–Crippen MR) is 79.4 cm³/mol. The highest BCUT2D eigenvalue weighted by molar-refractivity contribution is 7.80. The van der Waals surface area contributed by atoms with Crippen molar-refractivity contribution < 1.29 is 25.6 Å². The lowest BCUT2D eigenvalue weighted by molar-refractivity contribution is 0.257. The van der Waals surface area contributed by atoms with Crippen LogP contribution in [-0.2, 0) is 26.2 Å². The van der Waals surface area contributed by atoms with Crippen LogP contribution in [0.2, 0.25) is 0 Å². The van der Waals surface area contributed by atoms with E-state index in [4.69, 9.17) is 18.7 Å². The van der Waals surface area contributed by atoms with Crippen LogP contribution in [0.15, 0.2) is 30.3 Å². The Hall–Kier alpha value is -1.68. The van der Waals surface area contributed by atoms with Gasteiger partial charge in [0.05, 0.1) is 6.61 Å². The Balaban J connectivity index is 0.000000497. The molecule has 2 bridgehead atoms. The summed E-state index contributed by atoms with van der Waals surface area (Å²) in [4.78, 5) is 0. The topological polar surface area (TPSA) is 124 Å². The first kappa shape index (κ1) is 15.7. The second-order valence-electron chi connectivity index (χ2n) is 4.44. The summed E-state index contributed by atoms with van der Waals surface area (Å²) in [7, 11) is -4.38. The molecule has 0 saturated heterocycles. The Kier molecular flexibility index (Phi) is 4.47. The molecule has 7 nitrogen and oxygen atoms in total. The van der Waals surface area contributed by atoms with Gasteiger partial charge in [-0.2, -0.15) is 8.42 Å². The monoisotopic (exact) mass is 331 g/mol. The quantitative estimate of drug-likeness (QED) is 0.619. The van der Waals surface area contributed by atoms with Crippen LogP contribution in [0.4, 0.5) is 5.69 Å². The highest BCUT2D eigenvalue weighted by Gasteiger charge is 2.28. The molecule has 3 N–H and O–H groups in total. The third-order valence-electron chi connectivity index (χ3n) is 3.19. The molecule has 0 saturated carbocycles. The molecule has 2 aliphatic rings.